The van der Waals surface area contributed by atoms with E-state index in [-0.39, 0.29) is 24.2 Å². The van der Waals surface area contributed by atoms with Crippen LogP contribution in [-0.4, -0.2) is 27.2 Å². The summed E-state index contributed by atoms with van der Waals surface area (Å²) in [6.45, 7) is -0.0714. The maximum atomic E-state index is 13.7. The Morgan fingerprint density at radius 2 is 2.35 bits per heavy atom. The smallest absolute Gasteiger partial charge is 0.256 e. The van der Waals surface area contributed by atoms with Crippen LogP contribution in [0.15, 0.2) is 24.4 Å². The predicted molar refractivity (Wildman–Crippen MR) is 72.8 cm³/mol. The third-order valence-corrected chi connectivity index (χ3v) is 2.87. The SMILES string of the molecule is O=C(Nc1cnns1)c1ccc(C#CCCO)c(F)c1. The van der Waals surface area contributed by atoms with Crippen LogP contribution in [-0.2, 0) is 0 Å². The fourth-order valence-electron chi connectivity index (χ4n) is 1.38. The lowest BCUT2D eigenvalue weighted by Crippen LogP contribution is -2.11. The summed E-state index contributed by atoms with van der Waals surface area (Å²) in [5.74, 6) is 4.19. The highest BCUT2D eigenvalue weighted by Crippen LogP contribution is 2.14. The summed E-state index contributed by atoms with van der Waals surface area (Å²) in [7, 11) is 0. The van der Waals surface area contributed by atoms with Gasteiger partial charge in [-0.3, -0.25) is 4.79 Å². The molecule has 2 N–H and O–H groups in total. The fourth-order valence-corrected chi connectivity index (χ4v) is 1.79. The number of hydrogen-bond acceptors (Lipinski definition) is 5. The largest absolute Gasteiger partial charge is 0.395 e. The van der Waals surface area contributed by atoms with Gasteiger partial charge in [0.05, 0.1) is 18.4 Å². The van der Waals surface area contributed by atoms with Gasteiger partial charge in [-0.2, -0.15) is 0 Å². The molecule has 0 atom stereocenters. The Hall–Kier alpha value is -2.30. The molecule has 0 unspecified atom stereocenters. The number of aliphatic hydroxyl groups excluding tert-OH is 1. The molecule has 1 amide bonds. The van der Waals surface area contributed by atoms with E-state index < -0.39 is 11.7 Å². The van der Waals surface area contributed by atoms with Gasteiger partial charge in [0.1, 0.15) is 10.8 Å². The Balaban J connectivity index is 2.12. The molecule has 0 saturated carbocycles. The molecule has 0 aliphatic carbocycles. The summed E-state index contributed by atoms with van der Waals surface area (Å²) in [5, 5.41) is 15.2. The first-order chi connectivity index (χ1) is 9.70. The van der Waals surface area contributed by atoms with Gasteiger partial charge in [0.15, 0.2) is 0 Å². The van der Waals surface area contributed by atoms with Gasteiger partial charge in [-0.05, 0) is 18.2 Å². The van der Waals surface area contributed by atoms with Gasteiger partial charge in [-0.25, -0.2) is 4.39 Å². The van der Waals surface area contributed by atoms with Crippen molar-refractivity contribution in [1.82, 2.24) is 9.59 Å². The van der Waals surface area contributed by atoms with Gasteiger partial charge in [-0.1, -0.05) is 16.3 Å². The first kappa shape index (κ1) is 14.1. The number of benzene rings is 1. The normalized spacial score (nSPS) is 9.70. The lowest BCUT2D eigenvalue weighted by Gasteiger charge is -2.02. The maximum Gasteiger partial charge on any atom is 0.256 e. The minimum absolute atomic E-state index is 0.0714. The maximum absolute atomic E-state index is 13.7. The Kier molecular flexibility index (Phi) is 4.76. The molecule has 102 valence electrons. The van der Waals surface area contributed by atoms with E-state index in [1.165, 1.54) is 18.3 Å². The number of amides is 1. The number of halogens is 1. The molecule has 0 fully saturated rings. The number of carbonyl (C=O) groups excluding carboxylic acids is 1. The van der Waals surface area contributed by atoms with Gasteiger partial charge in [0.2, 0.25) is 0 Å². The molecule has 7 heteroatoms. The molecule has 2 aromatic rings. The van der Waals surface area contributed by atoms with Crippen LogP contribution in [0.1, 0.15) is 22.3 Å². The van der Waals surface area contributed by atoms with Crippen LogP contribution in [0.4, 0.5) is 9.39 Å². The minimum Gasteiger partial charge on any atom is -0.395 e. The topological polar surface area (TPSA) is 75.1 Å². The second-order valence-corrected chi connectivity index (χ2v) is 4.49. The van der Waals surface area contributed by atoms with Crippen molar-refractivity contribution in [1.29, 1.82) is 0 Å². The van der Waals surface area contributed by atoms with E-state index in [9.17, 15) is 9.18 Å². The Morgan fingerprint density at radius 1 is 1.50 bits per heavy atom. The molecule has 1 aromatic heterocycles. The van der Waals surface area contributed by atoms with E-state index in [1.807, 2.05) is 0 Å². The van der Waals surface area contributed by atoms with Crippen molar-refractivity contribution in [2.75, 3.05) is 11.9 Å². The molecule has 1 heterocycles. The molecular formula is C13H10FN3O2S. The van der Waals surface area contributed by atoms with Crippen molar-refractivity contribution in [2.45, 2.75) is 6.42 Å². The number of nitrogens with zero attached hydrogens (tertiary/aromatic N) is 2. The lowest BCUT2D eigenvalue weighted by molar-refractivity contribution is 0.102. The van der Waals surface area contributed by atoms with Gasteiger partial charge in [-0.15, -0.1) is 5.10 Å². The van der Waals surface area contributed by atoms with Crippen LogP contribution in [0.5, 0.6) is 0 Å². The van der Waals surface area contributed by atoms with Crippen LogP contribution in [0, 0.1) is 17.7 Å². The van der Waals surface area contributed by atoms with Gasteiger partial charge in [0, 0.05) is 23.5 Å². The molecule has 0 aliphatic heterocycles. The average molecular weight is 291 g/mol. The predicted octanol–water partition coefficient (Wildman–Crippen LogP) is 1.66. The van der Waals surface area contributed by atoms with Gasteiger partial charge < -0.3 is 10.4 Å². The summed E-state index contributed by atoms with van der Waals surface area (Å²) in [6, 6.07) is 4.03. The molecule has 2 rings (SSSR count). The number of aromatic nitrogens is 2. The molecule has 0 saturated heterocycles. The van der Waals surface area contributed by atoms with Crippen molar-refractivity contribution in [2.24, 2.45) is 0 Å². The first-order valence-corrected chi connectivity index (χ1v) is 6.46. The molecule has 20 heavy (non-hydrogen) atoms. The third-order valence-electron chi connectivity index (χ3n) is 2.29. The van der Waals surface area contributed by atoms with Crippen LogP contribution in [0.3, 0.4) is 0 Å². The molecule has 0 aliphatic rings. The van der Waals surface area contributed by atoms with Crippen molar-refractivity contribution in [3.05, 3.63) is 41.3 Å². The molecule has 0 radical (unpaired) electrons. The summed E-state index contributed by atoms with van der Waals surface area (Å²) in [4.78, 5) is 11.8. The second-order valence-electron chi connectivity index (χ2n) is 3.71. The number of anilines is 1. The van der Waals surface area contributed by atoms with E-state index >= 15 is 0 Å². The van der Waals surface area contributed by atoms with Crippen LogP contribution >= 0.6 is 11.5 Å². The number of carbonyl (C=O) groups is 1. The van der Waals surface area contributed by atoms with Gasteiger partial charge in [0.25, 0.3) is 5.91 Å². The van der Waals surface area contributed by atoms with E-state index in [4.69, 9.17) is 5.11 Å². The van der Waals surface area contributed by atoms with E-state index in [0.717, 1.165) is 17.6 Å². The van der Waals surface area contributed by atoms with Crippen LogP contribution in [0.25, 0.3) is 0 Å². The molecule has 0 spiro atoms. The monoisotopic (exact) mass is 291 g/mol. The molecule has 5 nitrogen and oxygen atoms in total. The number of aliphatic hydroxyl groups is 1. The molecular weight excluding hydrogens is 281 g/mol. The van der Waals surface area contributed by atoms with Crippen molar-refractivity contribution >= 4 is 22.4 Å². The second kappa shape index (κ2) is 6.75. The van der Waals surface area contributed by atoms with E-state index in [1.54, 1.807) is 0 Å². The summed E-state index contributed by atoms with van der Waals surface area (Å²) >= 11 is 1.03. The standard InChI is InChI=1S/C13H10FN3O2S/c14-11-7-10(5-4-9(11)3-1-2-6-18)13(19)16-12-8-15-17-20-12/h4-5,7-8,18H,2,6H2,(H,16,19). The van der Waals surface area contributed by atoms with Crippen LogP contribution in [0.2, 0.25) is 0 Å². The molecule has 1 aromatic carbocycles. The van der Waals surface area contributed by atoms with Crippen molar-refractivity contribution in [3.63, 3.8) is 0 Å². The Bertz CT molecular complexity index is 662. The highest BCUT2D eigenvalue weighted by atomic mass is 32.1. The number of rotatable bonds is 3. The lowest BCUT2D eigenvalue weighted by atomic mass is 10.1. The Morgan fingerprint density at radius 3 is 3.00 bits per heavy atom. The summed E-state index contributed by atoms with van der Waals surface area (Å²) in [5.41, 5.74) is 0.373. The first-order valence-electron chi connectivity index (χ1n) is 5.68. The Labute approximate surface area is 118 Å². The number of nitrogens with one attached hydrogen (secondary N) is 1. The highest BCUT2D eigenvalue weighted by molar-refractivity contribution is 7.10. The summed E-state index contributed by atoms with van der Waals surface area (Å²) in [6.07, 6.45) is 1.69. The van der Waals surface area contributed by atoms with E-state index in [2.05, 4.69) is 26.7 Å². The van der Waals surface area contributed by atoms with Crippen molar-refractivity contribution < 1.29 is 14.3 Å². The zero-order chi connectivity index (χ0) is 14.4. The molecule has 0 bridgehead atoms. The quantitative estimate of drug-likeness (QED) is 0.843. The summed E-state index contributed by atoms with van der Waals surface area (Å²) < 4.78 is 17.4. The minimum atomic E-state index is -0.578. The van der Waals surface area contributed by atoms with Crippen LogP contribution < -0.4 is 5.32 Å². The van der Waals surface area contributed by atoms with Gasteiger partial charge >= 0.3 is 0 Å². The average Bonchev–Trinajstić information content (AvgIpc) is 2.93. The highest BCUT2D eigenvalue weighted by Gasteiger charge is 2.10. The van der Waals surface area contributed by atoms with Crippen molar-refractivity contribution in [3.8, 4) is 11.8 Å². The zero-order valence-corrected chi connectivity index (χ0v) is 11.1. The van der Waals surface area contributed by atoms with E-state index in [0.29, 0.717) is 5.00 Å². The zero-order valence-electron chi connectivity index (χ0n) is 10.3. The fraction of sp³-hybridized carbons (Fsp3) is 0.154. The third kappa shape index (κ3) is 3.60. The number of hydrogen-bond donors (Lipinski definition) is 2.